The predicted octanol–water partition coefficient (Wildman–Crippen LogP) is 5.38. The summed E-state index contributed by atoms with van der Waals surface area (Å²) in [6.45, 7) is 6.34. The maximum atomic E-state index is 10.2. The lowest BCUT2D eigenvalue weighted by Crippen LogP contribution is -2.30. The molecule has 32 heavy (non-hydrogen) atoms. The molecule has 0 amide bonds. The smallest absolute Gasteiger partial charge is 0.335 e. The first-order valence-electron chi connectivity index (χ1n) is 10.6. The highest BCUT2D eigenvalue weighted by molar-refractivity contribution is 14.1. The van der Waals surface area contributed by atoms with Crippen LogP contribution in [-0.4, -0.2) is 49.0 Å². The van der Waals surface area contributed by atoms with Crippen LogP contribution in [-0.2, 0) is 0 Å². The minimum absolute atomic E-state index is 0.0316. The Balaban J connectivity index is 0.000000466. The van der Waals surface area contributed by atoms with Gasteiger partial charge in [-0.2, -0.15) is 0 Å². The zero-order valence-corrected chi connectivity index (χ0v) is 21.1. The molecule has 0 fully saturated rings. The van der Waals surface area contributed by atoms with Gasteiger partial charge >= 0.3 is 11.9 Å². The number of carbonyl (C=O) groups is 2. The highest BCUT2D eigenvalue weighted by Crippen LogP contribution is 2.23. The number of hydrogen-bond donors (Lipinski definition) is 4. The molecule has 0 bridgehead atoms. The van der Waals surface area contributed by atoms with Gasteiger partial charge in [0.05, 0.1) is 17.2 Å². The molecule has 0 spiro atoms. The van der Waals surface area contributed by atoms with E-state index in [0.717, 1.165) is 19.3 Å². The van der Waals surface area contributed by atoms with E-state index in [0.29, 0.717) is 21.0 Å². The first-order chi connectivity index (χ1) is 15.1. The number of carboxylic acids is 2. The number of halogens is 1. The Bertz CT molecular complexity index is 702. The van der Waals surface area contributed by atoms with Gasteiger partial charge in [0.2, 0.25) is 0 Å². The van der Waals surface area contributed by atoms with Crippen LogP contribution in [0.2, 0.25) is 0 Å². The molecule has 2 aromatic rings. The van der Waals surface area contributed by atoms with Crippen molar-refractivity contribution in [3.05, 3.63) is 71.8 Å². The van der Waals surface area contributed by atoms with Gasteiger partial charge in [0.25, 0.3) is 0 Å². The van der Waals surface area contributed by atoms with Crippen LogP contribution in [0, 0.1) is 11.8 Å². The third-order valence-electron chi connectivity index (χ3n) is 4.70. The van der Waals surface area contributed by atoms with Gasteiger partial charge in [-0.05, 0) is 43.0 Å². The molecule has 0 aliphatic rings. The topological polar surface area (TPSA) is 115 Å². The summed E-state index contributed by atoms with van der Waals surface area (Å²) in [4.78, 5) is 20.4. The predicted molar refractivity (Wildman–Crippen MR) is 136 cm³/mol. The van der Waals surface area contributed by atoms with Crippen LogP contribution >= 0.6 is 22.6 Å². The summed E-state index contributed by atoms with van der Waals surface area (Å²) in [6.07, 6.45) is 2.76. The van der Waals surface area contributed by atoms with E-state index < -0.39 is 11.9 Å². The Hall–Kier alpha value is -1.97. The Morgan fingerprint density at radius 3 is 1.53 bits per heavy atom. The number of aromatic carboxylic acids is 2. The second-order valence-electron chi connectivity index (χ2n) is 7.62. The van der Waals surface area contributed by atoms with E-state index in [1.165, 1.54) is 0 Å². The SMILES string of the molecule is CCCC(I)CC(O)C(CO)C(C)C.O=C(O)c1ccccc1.O=C(O)c1ccccc1. The van der Waals surface area contributed by atoms with Crippen molar-refractivity contribution >= 4 is 34.5 Å². The van der Waals surface area contributed by atoms with Crippen molar-refractivity contribution in [3.63, 3.8) is 0 Å². The van der Waals surface area contributed by atoms with E-state index >= 15 is 0 Å². The molecule has 6 nitrogen and oxygen atoms in total. The highest BCUT2D eigenvalue weighted by Gasteiger charge is 2.23. The monoisotopic (exact) mass is 558 g/mol. The number of aliphatic hydroxyl groups excluding tert-OH is 2. The Kier molecular flexibility index (Phi) is 16.5. The van der Waals surface area contributed by atoms with Crippen LogP contribution in [0.25, 0.3) is 0 Å². The molecule has 0 aliphatic carbocycles. The number of carboxylic acid groups (broad SMARTS) is 2. The summed E-state index contributed by atoms with van der Waals surface area (Å²) < 4.78 is 0.528. The van der Waals surface area contributed by atoms with E-state index in [2.05, 4.69) is 29.5 Å². The summed E-state index contributed by atoms with van der Waals surface area (Å²) in [6, 6.07) is 16.6. The van der Waals surface area contributed by atoms with E-state index in [-0.39, 0.29) is 18.6 Å². The highest BCUT2D eigenvalue weighted by atomic mass is 127. The van der Waals surface area contributed by atoms with Gasteiger partial charge in [-0.1, -0.05) is 86.2 Å². The molecule has 7 heteroatoms. The van der Waals surface area contributed by atoms with E-state index in [4.69, 9.17) is 15.3 Å². The maximum Gasteiger partial charge on any atom is 0.335 e. The summed E-state index contributed by atoms with van der Waals surface area (Å²) in [5.41, 5.74) is 0.662. The Morgan fingerprint density at radius 2 is 1.28 bits per heavy atom. The second kappa shape index (κ2) is 17.6. The molecule has 3 atom stereocenters. The maximum absolute atomic E-state index is 10.2. The molecular weight excluding hydrogens is 523 g/mol. The molecule has 178 valence electrons. The minimum atomic E-state index is -0.879. The van der Waals surface area contributed by atoms with Crippen LogP contribution in [0.3, 0.4) is 0 Å². The molecule has 3 unspecified atom stereocenters. The zero-order chi connectivity index (χ0) is 24.5. The number of aliphatic hydroxyl groups is 2. The molecule has 0 heterocycles. The van der Waals surface area contributed by atoms with Crippen LogP contribution in [0.4, 0.5) is 0 Å². The quantitative estimate of drug-likeness (QED) is 0.243. The van der Waals surface area contributed by atoms with Gasteiger partial charge in [-0.15, -0.1) is 0 Å². The largest absolute Gasteiger partial charge is 0.478 e. The number of alkyl halides is 1. The molecule has 2 aromatic carbocycles. The lowest BCUT2D eigenvalue weighted by Gasteiger charge is -2.25. The van der Waals surface area contributed by atoms with E-state index in [1.54, 1.807) is 60.7 Å². The lowest BCUT2D eigenvalue weighted by atomic mass is 9.88. The van der Waals surface area contributed by atoms with Crippen molar-refractivity contribution < 1.29 is 30.0 Å². The number of rotatable bonds is 9. The lowest BCUT2D eigenvalue weighted by molar-refractivity contribution is 0.0363. The van der Waals surface area contributed by atoms with Crippen molar-refractivity contribution in [2.24, 2.45) is 11.8 Å². The molecule has 0 radical (unpaired) electrons. The van der Waals surface area contributed by atoms with Gasteiger partial charge in [-0.3, -0.25) is 0 Å². The Labute approximate surface area is 204 Å². The van der Waals surface area contributed by atoms with Crippen LogP contribution in [0.1, 0.15) is 60.7 Å². The number of hydrogen-bond acceptors (Lipinski definition) is 4. The molecule has 0 aliphatic heterocycles. The third kappa shape index (κ3) is 13.4. The standard InChI is InChI=1S/C11H23IO2.2C7H6O2/c1-4-5-9(12)6-11(14)10(7-13)8(2)3;2*8-7(9)6-4-2-1-3-5-6/h8-11,13-14H,4-7H2,1-3H3;2*1-5H,(H,8,9). The van der Waals surface area contributed by atoms with Crippen LogP contribution < -0.4 is 0 Å². The van der Waals surface area contributed by atoms with Crippen LogP contribution in [0.15, 0.2) is 60.7 Å². The summed E-state index contributed by atoms with van der Waals surface area (Å²) in [5, 5.41) is 35.8. The van der Waals surface area contributed by atoms with Crippen molar-refractivity contribution in [1.82, 2.24) is 0 Å². The summed E-state index contributed by atoms with van der Waals surface area (Å²) in [5.74, 6) is -1.38. The number of benzene rings is 2. The first kappa shape index (κ1) is 30.0. The average Bonchev–Trinajstić information content (AvgIpc) is 2.76. The summed E-state index contributed by atoms with van der Waals surface area (Å²) in [7, 11) is 0. The van der Waals surface area contributed by atoms with Crippen LogP contribution in [0.5, 0.6) is 0 Å². The second-order valence-corrected chi connectivity index (χ2v) is 9.38. The molecule has 0 saturated heterocycles. The third-order valence-corrected chi connectivity index (χ3v) is 5.83. The van der Waals surface area contributed by atoms with Gasteiger partial charge in [0.1, 0.15) is 0 Å². The fourth-order valence-electron chi connectivity index (χ4n) is 2.81. The van der Waals surface area contributed by atoms with E-state index in [9.17, 15) is 14.7 Å². The van der Waals surface area contributed by atoms with Gasteiger partial charge in [0.15, 0.2) is 0 Å². The molecule has 2 rings (SSSR count). The minimum Gasteiger partial charge on any atom is -0.478 e. The normalized spacial score (nSPS) is 13.0. The van der Waals surface area contributed by atoms with Gasteiger partial charge in [0, 0.05) is 16.4 Å². The first-order valence-corrected chi connectivity index (χ1v) is 11.9. The van der Waals surface area contributed by atoms with Crippen molar-refractivity contribution in [3.8, 4) is 0 Å². The molecule has 4 N–H and O–H groups in total. The van der Waals surface area contributed by atoms with Gasteiger partial charge in [-0.25, -0.2) is 9.59 Å². The summed E-state index contributed by atoms with van der Waals surface area (Å²) >= 11 is 2.39. The van der Waals surface area contributed by atoms with Crippen molar-refractivity contribution in [1.29, 1.82) is 0 Å². The fourth-order valence-corrected chi connectivity index (χ4v) is 3.95. The van der Waals surface area contributed by atoms with E-state index in [1.807, 2.05) is 13.8 Å². The molecular formula is C25H35IO6. The zero-order valence-electron chi connectivity index (χ0n) is 18.9. The average molecular weight is 558 g/mol. The molecule has 0 aromatic heterocycles. The van der Waals surface area contributed by atoms with Crippen molar-refractivity contribution in [2.45, 2.75) is 50.1 Å². The molecule has 0 saturated carbocycles. The Morgan fingerprint density at radius 1 is 0.875 bits per heavy atom. The van der Waals surface area contributed by atoms with Crippen molar-refractivity contribution in [2.75, 3.05) is 6.61 Å². The van der Waals surface area contributed by atoms with Gasteiger partial charge < -0.3 is 20.4 Å². The fraction of sp³-hybridized carbons (Fsp3) is 0.440.